The molecule has 0 radical (unpaired) electrons. The summed E-state index contributed by atoms with van der Waals surface area (Å²) in [5, 5.41) is 19.3. The third-order valence-corrected chi connectivity index (χ3v) is 5.23. The molecule has 1 heterocycles. The first-order valence-electron chi connectivity index (χ1n) is 10.4. The van der Waals surface area contributed by atoms with Gasteiger partial charge in [0, 0.05) is 0 Å². The Kier molecular flexibility index (Phi) is 10.5. The Morgan fingerprint density at radius 3 is 1.94 bits per heavy atom. The minimum absolute atomic E-state index is 0.429. The van der Waals surface area contributed by atoms with Crippen LogP contribution in [0.5, 0.6) is 0 Å². The highest BCUT2D eigenvalue weighted by molar-refractivity contribution is 5.97. The molecule has 1 aliphatic heterocycles. The summed E-state index contributed by atoms with van der Waals surface area (Å²) in [7, 11) is 0. The van der Waals surface area contributed by atoms with Crippen molar-refractivity contribution in [3.63, 3.8) is 0 Å². The van der Waals surface area contributed by atoms with Crippen LogP contribution in [0.3, 0.4) is 0 Å². The lowest BCUT2D eigenvalue weighted by Gasteiger charge is -2.25. The quantitative estimate of drug-likeness (QED) is 0.152. The minimum atomic E-state index is -1.51. The van der Waals surface area contributed by atoms with Crippen molar-refractivity contribution in [1.29, 1.82) is 0 Å². The Morgan fingerprint density at radius 1 is 0.969 bits per heavy atom. The molecule has 0 spiro atoms. The maximum Gasteiger partial charge on any atom is 0.326 e. The standard InChI is InChI=1S/C19H32N6O7/c1-3-9(2)15(19(31)32)25-18(30)12(8-14(21)27)24-17(29)11(7-13(20)26)23-16(28)10-5-4-6-22-10/h9-12,15,22H,3-8H2,1-2H3,(H2,20,26)(H2,21,27)(H,23,28)(H,24,29)(H,25,30)(H,31,32). The highest BCUT2D eigenvalue weighted by Gasteiger charge is 2.33. The molecule has 9 N–H and O–H groups in total. The zero-order valence-corrected chi connectivity index (χ0v) is 18.2. The number of rotatable bonds is 13. The molecule has 0 bridgehead atoms. The molecular formula is C19H32N6O7. The van der Waals surface area contributed by atoms with Crippen molar-refractivity contribution in [2.45, 2.75) is 70.1 Å². The summed E-state index contributed by atoms with van der Waals surface area (Å²) < 4.78 is 0. The number of nitrogens with two attached hydrogens (primary N) is 2. The number of carboxylic acids is 1. The van der Waals surface area contributed by atoms with Gasteiger partial charge in [0.15, 0.2) is 0 Å². The van der Waals surface area contributed by atoms with E-state index in [0.29, 0.717) is 19.4 Å². The minimum Gasteiger partial charge on any atom is -0.480 e. The van der Waals surface area contributed by atoms with Gasteiger partial charge in [-0.2, -0.15) is 0 Å². The van der Waals surface area contributed by atoms with Crippen molar-refractivity contribution in [2.24, 2.45) is 17.4 Å². The third-order valence-electron chi connectivity index (χ3n) is 5.23. The van der Waals surface area contributed by atoms with Crippen LogP contribution in [0.4, 0.5) is 0 Å². The Morgan fingerprint density at radius 2 is 1.50 bits per heavy atom. The maximum absolute atomic E-state index is 12.7. The highest BCUT2D eigenvalue weighted by atomic mass is 16.4. The van der Waals surface area contributed by atoms with Crippen molar-refractivity contribution >= 4 is 35.5 Å². The third kappa shape index (κ3) is 8.49. The summed E-state index contributed by atoms with van der Waals surface area (Å²) in [6.45, 7) is 3.99. The molecule has 0 aromatic heterocycles. The highest BCUT2D eigenvalue weighted by Crippen LogP contribution is 2.09. The van der Waals surface area contributed by atoms with Gasteiger partial charge in [0.25, 0.3) is 0 Å². The summed E-state index contributed by atoms with van der Waals surface area (Å²) in [6.07, 6.45) is 0.611. The van der Waals surface area contributed by atoms with E-state index >= 15 is 0 Å². The number of nitrogens with one attached hydrogen (secondary N) is 4. The fourth-order valence-corrected chi connectivity index (χ4v) is 3.21. The first-order valence-corrected chi connectivity index (χ1v) is 10.4. The van der Waals surface area contributed by atoms with Crippen LogP contribution in [-0.4, -0.2) is 71.3 Å². The van der Waals surface area contributed by atoms with Gasteiger partial charge in [-0.05, 0) is 25.3 Å². The molecule has 13 nitrogen and oxygen atoms in total. The van der Waals surface area contributed by atoms with Crippen molar-refractivity contribution in [1.82, 2.24) is 21.3 Å². The van der Waals surface area contributed by atoms with Gasteiger partial charge in [0.2, 0.25) is 29.5 Å². The van der Waals surface area contributed by atoms with E-state index in [-0.39, 0.29) is 0 Å². The predicted molar refractivity (Wildman–Crippen MR) is 112 cm³/mol. The molecule has 0 saturated carbocycles. The van der Waals surface area contributed by atoms with Crippen LogP contribution in [-0.2, 0) is 28.8 Å². The molecule has 0 aromatic carbocycles. The topological polar surface area (TPSA) is 223 Å². The molecule has 1 saturated heterocycles. The Labute approximate surface area is 185 Å². The first-order chi connectivity index (χ1) is 15.0. The summed E-state index contributed by atoms with van der Waals surface area (Å²) in [6, 6.07) is -4.69. The lowest BCUT2D eigenvalue weighted by Crippen LogP contribution is -2.58. The Balaban J connectivity index is 2.96. The number of hydrogen-bond donors (Lipinski definition) is 7. The second-order valence-corrected chi connectivity index (χ2v) is 7.82. The fraction of sp³-hybridized carbons (Fsp3) is 0.684. The van der Waals surface area contributed by atoms with E-state index in [1.165, 1.54) is 0 Å². The van der Waals surface area contributed by atoms with Gasteiger partial charge in [-0.1, -0.05) is 20.3 Å². The van der Waals surface area contributed by atoms with Crippen LogP contribution in [0, 0.1) is 5.92 Å². The first kappa shape index (κ1) is 26.8. The Hall–Kier alpha value is -3.22. The van der Waals surface area contributed by atoms with E-state index in [1.54, 1.807) is 13.8 Å². The molecule has 180 valence electrons. The van der Waals surface area contributed by atoms with Gasteiger partial charge in [-0.15, -0.1) is 0 Å². The summed E-state index contributed by atoms with van der Waals surface area (Å²) in [4.78, 5) is 72.0. The molecule has 0 aliphatic carbocycles. The molecule has 13 heteroatoms. The van der Waals surface area contributed by atoms with Gasteiger partial charge >= 0.3 is 5.97 Å². The average Bonchev–Trinajstić information content (AvgIpc) is 3.24. The van der Waals surface area contributed by atoms with E-state index in [4.69, 9.17) is 11.5 Å². The smallest absolute Gasteiger partial charge is 0.326 e. The zero-order chi connectivity index (χ0) is 24.4. The van der Waals surface area contributed by atoms with E-state index in [2.05, 4.69) is 21.3 Å². The molecule has 1 fully saturated rings. The van der Waals surface area contributed by atoms with E-state index < -0.39 is 78.4 Å². The van der Waals surface area contributed by atoms with Crippen molar-refractivity contribution < 1.29 is 33.9 Å². The number of carboxylic acid groups (broad SMARTS) is 1. The summed E-state index contributed by atoms with van der Waals surface area (Å²) in [5.74, 6) is -5.89. The zero-order valence-electron chi connectivity index (χ0n) is 18.2. The monoisotopic (exact) mass is 456 g/mol. The normalized spacial score (nSPS) is 19.1. The summed E-state index contributed by atoms with van der Waals surface area (Å²) >= 11 is 0. The van der Waals surface area contributed by atoms with E-state index in [1.807, 2.05) is 0 Å². The van der Waals surface area contributed by atoms with Gasteiger partial charge in [-0.3, -0.25) is 24.0 Å². The second-order valence-electron chi connectivity index (χ2n) is 7.82. The Bertz CT molecular complexity index is 738. The largest absolute Gasteiger partial charge is 0.480 e. The molecule has 1 aliphatic rings. The fourth-order valence-electron chi connectivity index (χ4n) is 3.21. The molecule has 5 atom stereocenters. The van der Waals surface area contributed by atoms with Gasteiger partial charge in [0.1, 0.15) is 18.1 Å². The number of primary amides is 2. The molecular weight excluding hydrogens is 424 g/mol. The van der Waals surface area contributed by atoms with Crippen LogP contribution >= 0.6 is 0 Å². The van der Waals surface area contributed by atoms with Crippen molar-refractivity contribution in [2.75, 3.05) is 6.54 Å². The van der Waals surface area contributed by atoms with Crippen LogP contribution in [0.25, 0.3) is 0 Å². The maximum atomic E-state index is 12.7. The van der Waals surface area contributed by atoms with Gasteiger partial charge < -0.3 is 37.8 Å². The number of hydrogen-bond acceptors (Lipinski definition) is 7. The molecule has 5 amide bonds. The van der Waals surface area contributed by atoms with E-state index in [9.17, 15) is 33.9 Å². The second kappa shape index (κ2) is 12.6. The van der Waals surface area contributed by atoms with Crippen LogP contribution in [0.1, 0.15) is 46.0 Å². The van der Waals surface area contributed by atoms with Crippen molar-refractivity contribution in [3.8, 4) is 0 Å². The molecule has 5 unspecified atom stereocenters. The van der Waals surface area contributed by atoms with Crippen LogP contribution in [0.15, 0.2) is 0 Å². The lowest BCUT2D eigenvalue weighted by atomic mass is 9.98. The number of amides is 5. The molecule has 0 aromatic rings. The number of aliphatic carboxylic acids is 1. The average molecular weight is 457 g/mol. The van der Waals surface area contributed by atoms with Gasteiger partial charge in [-0.25, -0.2) is 4.79 Å². The molecule has 32 heavy (non-hydrogen) atoms. The van der Waals surface area contributed by atoms with Crippen LogP contribution in [0.2, 0.25) is 0 Å². The van der Waals surface area contributed by atoms with Gasteiger partial charge in [0.05, 0.1) is 18.9 Å². The van der Waals surface area contributed by atoms with Crippen LogP contribution < -0.4 is 32.7 Å². The van der Waals surface area contributed by atoms with Crippen molar-refractivity contribution in [3.05, 3.63) is 0 Å². The lowest BCUT2D eigenvalue weighted by molar-refractivity contribution is -0.144. The SMILES string of the molecule is CCC(C)C(NC(=O)C(CC(N)=O)NC(=O)C(CC(N)=O)NC(=O)C1CCCN1)C(=O)O. The molecule has 1 rings (SSSR count). The number of carbonyl (C=O) groups excluding carboxylic acids is 5. The van der Waals surface area contributed by atoms with E-state index in [0.717, 1.165) is 6.42 Å². The predicted octanol–water partition coefficient (Wildman–Crippen LogP) is -2.93. The number of carbonyl (C=O) groups is 6. The summed E-state index contributed by atoms with van der Waals surface area (Å²) in [5.41, 5.74) is 10.3.